The van der Waals surface area contributed by atoms with Gasteiger partial charge in [-0.15, -0.1) is 0 Å². The monoisotopic (exact) mass is 260 g/mol. The maximum Gasteiger partial charge on any atom is 0.268 e. The lowest BCUT2D eigenvalue weighted by Gasteiger charge is -2.36. The number of nitrogen functional groups attached to an aromatic ring is 1. The molecule has 1 aromatic carbocycles. The van der Waals surface area contributed by atoms with Gasteiger partial charge in [0, 0.05) is 6.54 Å². The topological polar surface area (TPSA) is 55.6 Å². The summed E-state index contributed by atoms with van der Waals surface area (Å²) in [6, 6.07) is 5.45. The molecule has 102 valence electrons. The van der Waals surface area contributed by atoms with E-state index in [1.807, 2.05) is 32.9 Å². The van der Waals surface area contributed by atoms with E-state index in [4.69, 9.17) is 10.5 Å². The van der Waals surface area contributed by atoms with Gasteiger partial charge in [0.15, 0.2) is 6.10 Å². The van der Waals surface area contributed by atoms with Crippen LogP contribution in [0.2, 0.25) is 0 Å². The predicted molar refractivity (Wildman–Crippen MR) is 77.3 cm³/mol. The van der Waals surface area contributed by atoms with Crippen LogP contribution in [0.15, 0.2) is 30.4 Å². The summed E-state index contributed by atoms with van der Waals surface area (Å²) in [6.07, 6.45) is -0.464. The van der Waals surface area contributed by atoms with E-state index in [-0.39, 0.29) is 11.8 Å². The van der Waals surface area contributed by atoms with Crippen LogP contribution in [0, 0.1) is 5.92 Å². The average molecular weight is 260 g/mol. The van der Waals surface area contributed by atoms with Crippen LogP contribution in [-0.2, 0) is 4.79 Å². The van der Waals surface area contributed by atoms with E-state index < -0.39 is 6.10 Å². The molecule has 0 aliphatic carbocycles. The lowest BCUT2D eigenvalue weighted by molar-refractivity contribution is -0.128. The van der Waals surface area contributed by atoms with Gasteiger partial charge in [0.25, 0.3) is 5.91 Å². The molecule has 1 unspecified atom stereocenters. The van der Waals surface area contributed by atoms with Crippen molar-refractivity contribution in [3.63, 3.8) is 0 Å². The van der Waals surface area contributed by atoms with Crippen LogP contribution < -0.4 is 15.4 Å². The van der Waals surface area contributed by atoms with Crippen molar-refractivity contribution in [1.29, 1.82) is 0 Å². The molecular weight excluding hydrogens is 240 g/mol. The lowest BCUT2D eigenvalue weighted by atomic mass is 10.0. The molecule has 0 spiro atoms. The number of carbonyl (C=O) groups excluding carboxylic acids is 1. The SMILES string of the molecule is C=C(C)CN1C(=O)C(C(C)C)Oc2cccc(N)c21. The molecule has 0 fully saturated rings. The molecule has 19 heavy (non-hydrogen) atoms. The van der Waals surface area contributed by atoms with Crippen molar-refractivity contribution in [2.24, 2.45) is 5.92 Å². The van der Waals surface area contributed by atoms with Crippen molar-refractivity contribution in [3.8, 4) is 5.75 Å². The molecule has 0 saturated heterocycles. The second-order valence-electron chi connectivity index (χ2n) is 5.36. The lowest BCUT2D eigenvalue weighted by Crippen LogP contribution is -2.49. The Balaban J connectivity index is 2.50. The highest BCUT2D eigenvalue weighted by Crippen LogP contribution is 2.40. The van der Waals surface area contributed by atoms with Gasteiger partial charge in [-0.05, 0) is 25.0 Å². The minimum Gasteiger partial charge on any atom is -0.478 e. The van der Waals surface area contributed by atoms with Crippen molar-refractivity contribution in [1.82, 2.24) is 0 Å². The molecule has 0 aromatic heterocycles. The van der Waals surface area contributed by atoms with Crippen molar-refractivity contribution in [3.05, 3.63) is 30.4 Å². The summed E-state index contributed by atoms with van der Waals surface area (Å²) in [5.74, 6) is 0.720. The molecule has 1 atom stereocenters. The fourth-order valence-electron chi connectivity index (χ4n) is 2.22. The van der Waals surface area contributed by atoms with Gasteiger partial charge >= 0.3 is 0 Å². The van der Waals surface area contributed by atoms with Crippen LogP contribution in [0.5, 0.6) is 5.75 Å². The van der Waals surface area contributed by atoms with Crippen molar-refractivity contribution in [2.45, 2.75) is 26.9 Å². The molecule has 1 aromatic rings. The highest BCUT2D eigenvalue weighted by atomic mass is 16.5. The number of ether oxygens (including phenoxy) is 1. The van der Waals surface area contributed by atoms with Gasteiger partial charge in [-0.2, -0.15) is 0 Å². The van der Waals surface area contributed by atoms with E-state index in [1.54, 1.807) is 11.0 Å². The maximum atomic E-state index is 12.5. The number of nitrogens with two attached hydrogens (primary N) is 1. The van der Waals surface area contributed by atoms with E-state index >= 15 is 0 Å². The third-order valence-corrected chi connectivity index (χ3v) is 3.10. The van der Waals surface area contributed by atoms with Gasteiger partial charge in [0.2, 0.25) is 0 Å². The highest BCUT2D eigenvalue weighted by Gasteiger charge is 2.37. The molecular formula is C15H20N2O2. The third kappa shape index (κ3) is 2.43. The number of nitrogens with zero attached hydrogens (tertiary/aromatic N) is 1. The number of para-hydroxylation sites is 1. The van der Waals surface area contributed by atoms with Crippen LogP contribution in [-0.4, -0.2) is 18.6 Å². The van der Waals surface area contributed by atoms with E-state index in [9.17, 15) is 4.79 Å². The van der Waals surface area contributed by atoms with Gasteiger partial charge < -0.3 is 10.5 Å². The number of benzene rings is 1. The zero-order valence-corrected chi connectivity index (χ0v) is 11.6. The molecule has 1 heterocycles. The van der Waals surface area contributed by atoms with E-state index in [0.717, 1.165) is 5.57 Å². The van der Waals surface area contributed by atoms with Gasteiger partial charge in [-0.3, -0.25) is 9.69 Å². The Kier molecular flexibility index (Phi) is 3.51. The molecule has 4 heteroatoms. The molecule has 1 amide bonds. The summed E-state index contributed by atoms with van der Waals surface area (Å²) >= 11 is 0. The Morgan fingerprint density at radius 1 is 1.53 bits per heavy atom. The summed E-state index contributed by atoms with van der Waals surface area (Å²) in [6.45, 7) is 10.2. The Bertz CT molecular complexity index is 523. The summed E-state index contributed by atoms with van der Waals surface area (Å²) in [5.41, 5.74) is 8.11. The van der Waals surface area contributed by atoms with Gasteiger partial charge in [-0.1, -0.05) is 32.1 Å². The molecule has 1 aliphatic heterocycles. The fraction of sp³-hybridized carbons (Fsp3) is 0.400. The number of amides is 1. The minimum atomic E-state index is -0.464. The summed E-state index contributed by atoms with van der Waals surface area (Å²) in [4.78, 5) is 14.2. The maximum absolute atomic E-state index is 12.5. The van der Waals surface area contributed by atoms with Crippen LogP contribution >= 0.6 is 0 Å². The first-order chi connectivity index (χ1) is 8.91. The quantitative estimate of drug-likeness (QED) is 0.671. The summed E-state index contributed by atoms with van der Waals surface area (Å²) in [7, 11) is 0. The number of hydrogen-bond donors (Lipinski definition) is 1. The average Bonchev–Trinajstić information content (AvgIpc) is 2.31. The number of anilines is 2. The van der Waals surface area contributed by atoms with Crippen LogP contribution in [0.3, 0.4) is 0 Å². The van der Waals surface area contributed by atoms with Crippen molar-refractivity contribution >= 4 is 17.3 Å². The number of rotatable bonds is 3. The molecule has 0 radical (unpaired) electrons. The van der Waals surface area contributed by atoms with Gasteiger partial charge in [-0.25, -0.2) is 0 Å². The smallest absolute Gasteiger partial charge is 0.268 e. The first-order valence-electron chi connectivity index (χ1n) is 6.42. The third-order valence-electron chi connectivity index (χ3n) is 3.10. The standard InChI is InChI=1S/C15H20N2O2/c1-9(2)8-17-13-11(16)6-5-7-12(13)19-14(10(3)4)15(17)18/h5-7,10,14H,1,8,16H2,2-4H3. The Hall–Kier alpha value is -1.97. The molecule has 1 aliphatic rings. The molecule has 2 rings (SSSR count). The van der Waals surface area contributed by atoms with Crippen LogP contribution in [0.25, 0.3) is 0 Å². The fourth-order valence-corrected chi connectivity index (χ4v) is 2.22. The molecule has 0 saturated carbocycles. The number of hydrogen-bond acceptors (Lipinski definition) is 3. The van der Waals surface area contributed by atoms with Gasteiger partial charge in [0.1, 0.15) is 11.4 Å². The van der Waals surface area contributed by atoms with Gasteiger partial charge in [0.05, 0.1) is 5.69 Å². The Morgan fingerprint density at radius 2 is 2.21 bits per heavy atom. The zero-order valence-electron chi connectivity index (χ0n) is 11.6. The molecule has 4 nitrogen and oxygen atoms in total. The summed E-state index contributed by atoms with van der Waals surface area (Å²) < 4.78 is 5.80. The van der Waals surface area contributed by atoms with Crippen molar-refractivity contribution < 1.29 is 9.53 Å². The van der Waals surface area contributed by atoms with Crippen LogP contribution in [0.1, 0.15) is 20.8 Å². The second-order valence-corrected chi connectivity index (χ2v) is 5.36. The Labute approximate surface area is 113 Å². The first kappa shape index (κ1) is 13.5. The molecule has 2 N–H and O–H groups in total. The van der Waals surface area contributed by atoms with Crippen LogP contribution in [0.4, 0.5) is 11.4 Å². The van der Waals surface area contributed by atoms with E-state index in [1.165, 1.54) is 0 Å². The normalized spacial score (nSPS) is 18.2. The van der Waals surface area contributed by atoms with E-state index in [2.05, 4.69) is 6.58 Å². The number of fused-ring (bicyclic) bond motifs is 1. The summed E-state index contributed by atoms with van der Waals surface area (Å²) in [5, 5.41) is 0. The minimum absolute atomic E-state index is 0.0524. The highest BCUT2D eigenvalue weighted by molar-refractivity contribution is 6.03. The first-order valence-corrected chi connectivity index (χ1v) is 6.42. The van der Waals surface area contributed by atoms with Crippen molar-refractivity contribution in [2.75, 3.05) is 17.2 Å². The second kappa shape index (κ2) is 4.96. The largest absolute Gasteiger partial charge is 0.478 e. The Morgan fingerprint density at radius 3 is 2.79 bits per heavy atom. The zero-order chi connectivity index (χ0) is 14.2. The number of carbonyl (C=O) groups is 1. The van der Waals surface area contributed by atoms with E-state index in [0.29, 0.717) is 23.7 Å². The molecule has 0 bridgehead atoms. The predicted octanol–water partition coefficient (Wildman–Crippen LogP) is 2.59.